The van der Waals surface area contributed by atoms with Crippen molar-refractivity contribution < 1.29 is 19.4 Å². The first-order chi connectivity index (χ1) is 13.1. The van der Waals surface area contributed by atoms with E-state index in [0.29, 0.717) is 11.5 Å². The van der Waals surface area contributed by atoms with Crippen molar-refractivity contribution in [3.05, 3.63) is 71.3 Å². The standard InChI is InChI=1S/C21H20N2O4/c1-26-19-8-4-7-17(20(19)27-2)14-23-21(25)16(13-22)6-3-5-15-9-11-18(24)12-10-15/h3-12,24H,14H2,1-2H3,(H,23,25)/b5-3+,16-6+. The Bertz CT molecular complexity index is 893. The number of nitriles is 1. The van der Waals surface area contributed by atoms with E-state index in [1.165, 1.54) is 20.3 Å². The summed E-state index contributed by atoms with van der Waals surface area (Å²) in [6.07, 6.45) is 4.77. The normalized spacial score (nSPS) is 11.1. The Morgan fingerprint density at radius 1 is 1.19 bits per heavy atom. The second-order valence-corrected chi connectivity index (χ2v) is 5.48. The molecule has 0 heterocycles. The molecule has 2 rings (SSSR count). The van der Waals surface area contributed by atoms with E-state index in [9.17, 15) is 15.2 Å². The van der Waals surface area contributed by atoms with Gasteiger partial charge in [-0.05, 0) is 29.8 Å². The fraction of sp³-hybridized carbons (Fsp3) is 0.143. The van der Waals surface area contributed by atoms with Crippen molar-refractivity contribution in [1.29, 1.82) is 5.26 Å². The third-order valence-electron chi connectivity index (χ3n) is 3.73. The number of ether oxygens (including phenoxy) is 2. The first kappa shape index (κ1) is 19.6. The lowest BCUT2D eigenvalue weighted by molar-refractivity contribution is -0.117. The van der Waals surface area contributed by atoms with Crippen LogP contribution >= 0.6 is 0 Å². The molecule has 0 saturated heterocycles. The zero-order chi connectivity index (χ0) is 19.6. The zero-order valence-corrected chi connectivity index (χ0v) is 15.1. The molecule has 0 aliphatic carbocycles. The van der Waals surface area contributed by atoms with Crippen LogP contribution in [0.2, 0.25) is 0 Å². The molecule has 0 saturated carbocycles. The quantitative estimate of drug-likeness (QED) is 0.447. The van der Waals surface area contributed by atoms with Gasteiger partial charge in [0.05, 0.1) is 14.2 Å². The molecule has 0 bridgehead atoms. The third-order valence-corrected chi connectivity index (χ3v) is 3.73. The zero-order valence-electron chi connectivity index (χ0n) is 15.1. The smallest absolute Gasteiger partial charge is 0.262 e. The Kier molecular flexibility index (Phi) is 7.03. The molecule has 0 aliphatic heterocycles. The van der Waals surface area contributed by atoms with E-state index < -0.39 is 5.91 Å². The minimum Gasteiger partial charge on any atom is -0.508 e. The molecule has 0 fully saturated rings. The molecule has 0 unspecified atom stereocenters. The van der Waals surface area contributed by atoms with Gasteiger partial charge in [-0.25, -0.2) is 0 Å². The molecule has 2 aromatic carbocycles. The molecule has 2 N–H and O–H groups in total. The largest absolute Gasteiger partial charge is 0.508 e. The number of methoxy groups -OCH3 is 2. The molecule has 2 aromatic rings. The van der Waals surface area contributed by atoms with Gasteiger partial charge in [0.2, 0.25) is 0 Å². The van der Waals surface area contributed by atoms with Crippen LogP contribution in [0, 0.1) is 11.3 Å². The van der Waals surface area contributed by atoms with Crippen LogP contribution in [0.15, 0.2) is 60.2 Å². The number of rotatable bonds is 7. The maximum Gasteiger partial charge on any atom is 0.262 e. The van der Waals surface area contributed by atoms with E-state index >= 15 is 0 Å². The number of hydrogen-bond donors (Lipinski definition) is 2. The number of hydrogen-bond acceptors (Lipinski definition) is 5. The summed E-state index contributed by atoms with van der Waals surface area (Å²) >= 11 is 0. The Morgan fingerprint density at radius 3 is 2.56 bits per heavy atom. The van der Waals surface area contributed by atoms with Crippen LogP contribution in [0.4, 0.5) is 0 Å². The summed E-state index contributed by atoms with van der Waals surface area (Å²) in [5.41, 5.74) is 1.55. The monoisotopic (exact) mass is 364 g/mol. The molecule has 0 aliphatic rings. The van der Waals surface area contributed by atoms with Crippen LogP contribution in [-0.2, 0) is 11.3 Å². The van der Waals surface area contributed by atoms with Gasteiger partial charge >= 0.3 is 0 Å². The van der Waals surface area contributed by atoms with Crippen molar-refractivity contribution >= 4 is 12.0 Å². The lowest BCUT2D eigenvalue weighted by Crippen LogP contribution is -2.24. The average molecular weight is 364 g/mol. The number of carbonyl (C=O) groups is 1. The molecule has 0 aromatic heterocycles. The van der Waals surface area contributed by atoms with E-state index in [2.05, 4.69) is 5.32 Å². The number of para-hydroxylation sites is 1. The topological polar surface area (TPSA) is 91.6 Å². The highest BCUT2D eigenvalue weighted by Gasteiger charge is 2.12. The number of allylic oxidation sites excluding steroid dienone is 2. The van der Waals surface area contributed by atoms with Gasteiger partial charge in [-0.15, -0.1) is 0 Å². The van der Waals surface area contributed by atoms with Crippen LogP contribution in [-0.4, -0.2) is 25.2 Å². The van der Waals surface area contributed by atoms with E-state index in [4.69, 9.17) is 9.47 Å². The lowest BCUT2D eigenvalue weighted by atomic mass is 10.1. The summed E-state index contributed by atoms with van der Waals surface area (Å²) in [4.78, 5) is 12.2. The van der Waals surface area contributed by atoms with Crippen LogP contribution in [0.25, 0.3) is 6.08 Å². The summed E-state index contributed by atoms with van der Waals surface area (Å²) in [6, 6.07) is 13.8. The van der Waals surface area contributed by atoms with Gasteiger partial charge in [-0.3, -0.25) is 4.79 Å². The molecule has 138 valence electrons. The van der Waals surface area contributed by atoms with Crippen molar-refractivity contribution in [2.24, 2.45) is 0 Å². The number of nitrogens with zero attached hydrogens (tertiary/aromatic N) is 1. The highest BCUT2D eigenvalue weighted by Crippen LogP contribution is 2.30. The summed E-state index contributed by atoms with van der Waals surface area (Å²) in [5, 5.41) is 21.2. The predicted molar refractivity (Wildman–Crippen MR) is 102 cm³/mol. The Morgan fingerprint density at radius 2 is 1.93 bits per heavy atom. The van der Waals surface area contributed by atoms with Crippen LogP contribution in [0.5, 0.6) is 17.2 Å². The Labute approximate surface area is 158 Å². The molecular formula is C21H20N2O4. The van der Waals surface area contributed by atoms with Crippen LogP contribution < -0.4 is 14.8 Å². The summed E-state index contributed by atoms with van der Waals surface area (Å²) in [5.74, 6) is 0.789. The highest BCUT2D eigenvalue weighted by molar-refractivity contribution is 5.97. The molecule has 0 radical (unpaired) electrons. The Hall–Kier alpha value is -3.72. The molecule has 6 heteroatoms. The van der Waals surface area contributed by atoms with E-state index in [-0.39, 0.29) is 17.9 Å². The van der Waals surface area contributed by atoms with E-state index in [1.807, 2.05) is 12.1 Å². The van der Waals surface area contributed by atoms with Gasteiger partial charge in [-0.1, -0.05) is 36.4 Å². The molecule has 6 nitrogen and oxygen atoms in total. The molecule has 0 spiro atoms. The number of phenolic OH excluding ortho intramolecular Hbond substituents is 1. The second kappa shape index (κ2) is 9.68. The fourth-order valence-corrected chi connectivity index (χ4v) is 2.37. The van der Waals surface area contributed by atoms with Crippen molar-refractivity contribution in [2.45, 2.75) is 6.54 Å². The van der Waals surface area contributed by atoms with E-state index in [1.54, 1.807) is 48.6 Å². The number of aromatic hydroxyl groups is 1. The highest BCUT2D eigenvalue weighted by atomic mass is 16.5. The van der Waals surface area contributed by atoms with Crippen LogP contribution in [0.1, 0.15) is 11.1 Å². The minimum absolute atomic E-state index is 0.0214. The summed E-state index contributed by atoms with van der Waals surface area (Å²) < 4.78 is 10.6. The maximum absolute atomic E-state index is 12.2. The minimum atomic E-state index is -0.488. The lowest BCUT2D eigenvalue weighted by Gasteiger charge is -2.12. The van der Waals surface area contributed by atoms with E-state index in [0.717, 1.165) is 11.1 Å². The van der Waals surface area contributed by atoms with Gasteiger partial charge in [0.15, 0.2) is 11.5 Å². The molecule has 27 heavy (non-hydrogen) atoms. The first-order valence-electron chi connectivity index (χ1n) is 8.14. The molecular weight excluding hydrogens is 344 g/mol. The predicted octanol–water partition coefficient (Wildman–Crippen LogP) is 3.19. The average Bonchev–Trinajstić information content (AvgIpc) is 2.70. The number of amides is 1. The SMILES string of the molecule is COc1cccc(CNC(=O)/C(C#N)=C/C=C/c2ccc(O)cc2)c1OC. The number of benzene rings is 2. The second-order valence-electron chi connectivity index (χ2n) is 5.48. The van der Waals surface area contributed by atoms with Crippen molar-refractivity contribution in [3.8, 4) is 23.3 Å². The van der Waals surface area contributed by atoms with Crippen molar-refractivity contribution in [1.82, 2.24) is 5.32 Å². The first-order valence-corrected chi connectivity index (χ1v) is 8.14. The van der Waals surface area contributed by atoms with Crippen molar-refractivity contribution in [3.63, 3.8) is 0 Å². The summed E-state index contributed by atoms with van der Waals surface area (Å²) in [7, 11) is 3.06. The van der Waals surface area contributed by atoms with Crippen LogP contribution in [0.3, 0.4) is 0 Å². The number of phenols is 1. The van der Waals surface area contributed by atoms with Gasteiger partial charge in [0.1, 0.15) is 17.4 Å². The number of carbonyl (C=O) groups excluding carboxylic acids is 1. The Balaban J connectivity index is 2.05. The summed E-state index contributed by atoms with van der Waals surface area (Å²) in [6.45, 7) is 0.194. The third kappa shape index (κ3) is 5.38. The fourth-order valence-electron chi connectivity index (χ4n) is 2.37. The number of nitrogens with one attached hydrogen (secondary N) is 1. The van der Waals surface area contributed by atoms with Gasteiger partial charge < -0.3 is 19.9 Å². The maximum atomic E-state index is 12.2. The van der Waals surface area contributed by atoms with Gasteiger partial charge in [0.25, 0.3) is 5.91 Å². The van der Waals surface area contributed by atoms with Gasteiger partial charge in [0, 0.05) is 12.1 Å². The molecule has 1 amide bonds. The van der Waals surface area contributed by atoms with Gasteiger partial charge in [-0.2, -0.15) is 5.26 Å². The van der Waals surface area contributed by atoms with Crippen molar-refractivity contribution in [2.75, 3.05) is 14.2 Å². The molecule has 0 atom stereocenters.